The minimum atomic E-state index is 0.0193. The molecule has 5 unspecified atom stereocenters. The van der Waals surface area contributed by atoms with Crippen molar-refractivity contribution in [1.82, 2.24) is 15.2 Å². The maximum Gasteiger partial charge on any atom is 0.235 e. The average molecular weight is 1030 g/mol. The zero-order valence-electron chi connectivity index (χ0n) is 44.9. The van der Waals surface area contributed by atoms with E-state index < -0.39 is 0 Å². The third kappa shape index (κ3) is 19.4. The molecular formula is C62H85N5O8. The molecule has 13 heteroatoms. The Morgan fingerprint density at radius 1 is 0.440 bits per heavy atom. The molecule has 0 spiro atoms. The first-order valence-corrected chi connectivity index (χ1v) is 28.9. The van der Waals surface area contributed by atoms with Crippen molar-refractivity contribution in [3.8, 4) is 0 Å². The summed E-state index contributed by atoms with van der Waals surface area (Å²) in [5, 5.41) is 9.87. The number of aryl methyl sites for hydroxylation is 3. The lowest BCUT2D eigenvalue weighted by molar-refractivity contribution is 0.0347. The Kier molecular flexibility index (Phi) is 22.2. The summed E-state index contributed by atoms with van der Waals surface area (Å²) in [7, 11) is 0. The topological polar surface area (TPSA) is 135 Å². The highest BCUT2D eigenvalue weighted by Crippen LogP contribution is 2.38. The van der Waals surface area contributed by atoms with E-state index in [1.165, 1.54) is 73.6 Å². The number of ether oxygens (including phenoxy) is 8. The van der Waals surface area contributed by atoms with E-state index in [9.17, 15) is 0 Å². The molecular weight excluding hydrogens is 943 g/mol. The fourth-order valence-corrected chi connectivity index (χ4v) is 9.62. The third-order valence-corrected chi connectivity index (χ3v) is 14.6. The van der Waals surface area contributed by atoms with Gasteiger partial charge >= 0.3 is 0 Å². The summed E-state index contributed by atoms with van der Waals surface area (Å²) in [4.78, 5) is 8.10. The summed E-state index contributed by atoms with van der Waals surface area (Å²) in [5.74, 6) is 1.28. The average Bonchev–Trinajstić information content (AvgIpc) is 4.20. The SMILES string of the molecule is CCCCCC(OCC1CO1)c1ccc(N(c2ccc(CCCCCCOCC3CO3)cc2)c2nnc(N(c3ccc(CCCCCCOCC4CO4)cc3)c3ccc(CCCCCCOCC4CO4)cc3)[nH]2)cc1. The lowest BCUT2D eigenvalue weighted by Crippen LogP contribution is -2.14. The molecule has 0 aliphatic carbocycles. The summed E-state index contributed by atoms with van der Waals surface area (Å²) in [5.41, 5.74) is 9.21. The molecule has 1 N–H and O–H groups in total. The van der Waals surface area contributed by atoms with Crippen molar-refractivity contribution in [2.45, 2.75) is 159 Å². The number of hydrogen-bond donors (Lipinski definition) is 1. The quantitative estimate of drug-likeness (QED) is 0.0295. The number of hydrogen-bond acceptors (Lipinski definition) is 12. The molecule has 0 amide bonds. The first kappa shape index (κ1) is 55.1. The van der Waals surface area contributed by atoms with Gasteiger partial charge in [0, 0.05) is 42.6 Å². The number of anilines is 6. The Morgan fingerprint density at radius 3 is 1.15 bits per heavy atom. The second kappa shape index (κ2) is 30.3. The number of rotatable bonds is 41. The van der Waals surface area contributed by atoms with Crippen molar-refractivity contribution < 1.29 is 37.9 Å². The molecule has 1 aromatic heterocycles. The molecule has 406 valence electrons. The lowest BCUT2D eigenvalue weighted by Gasteiger charge is -2.25. The summed E-state index contributed by atoms with van der Waals surface area (Å²) in [6.45, 7) is 10.9. The number of benzene rings is 4. The third-order valence-electron chi connectivity index (χ3n) is 14.6. The smallest absolute Gasteiger partial charge is 0.235 e. The molecule has 75 heavy (non-hydrogen) atoms. The Morgan fingerprint density at radius 2 is 0.787 bits per heavy atom. The fourth-order valence-electron chi connectivity index (χ4n) is 9.62. The molecule has 4 aliphatic heterocycles. The van der Waals surface area contributed by atoms with Crippen LogP contribution in [-0.2, 0) is 57.2 Å². The van der Waals surface area contributed by atoms with Gasteiger partial charge in [-0.05, 0) is 135 Å². The predicted octanol–water partition coefficient (Wildman–Crippen LogP) is 13.3. The first-order chi connectivity index (χ1) is 37.1. The minimum absolute atomic E-state index is 0.0193. The van der Waals surface area contributed by atoms with Crippen molar-refractivity contribution in [1.29, 1.82) is 0 Å². The van der Waals surface area contributed by atoms with Crippen LogP contribution in [0.2, 0.25) is 0 Å². The summed E-state index contributed by atoms with van der Waals surface area (Å²) >= 11 is 0. The van der Waals surface area contributed by atoms with Gasteiger partial charge in [0.15, 0.2) is 0 Å². The zero-order chi connectivity index (χ0) is 51.1. The molecule has 4 aliphatic rings. The van der Waals surface area contributed by atoms with Crippen LogP contribution in [0.25, 0.3) is 0 Å². The van der Waals surface area contributed by atoms with Gasteiger partial charge < -0.3 is 37.9 Å². The maximum atomic E-state index is 6.48. The van der Waals surface area contributed by atoms with E-state index in [1.807, 2.05) is 0 Å². The van der Waals surface area contributed by atoms with E-state index in [0.717, 1.165) is 159 Å². The van der Waals surface area contributed by atoms with Gasteiger partial charge in [0.05, 0.1) is 59.0 Å². The second-order valence-corrected chi connectivity index (χ2v) is 21.1. The van der Waals surface area contributed by atoms with Gasteiger partial charge in [-0.25, -0.2) is 0 Å². The van der Waals surface area contributed by atoms with Crippen molar-refractivity contribution in [3.63, 3.8) is 0 Å². The van der Waals surface area contributed by atoms with Crippen molar-refractivity contribution in [3.05, 3.63) is 119 Å². The van der Waals surface area contributed by atoms with Crippen LogP contribution >= 0.6 is 0 Å². The monoisotopic (exact) mass is 1030 g/mol. The first-order valence-electron chi connectivity index (χ1n) is 28.9. The predicted molar refractivity (Wildman–Crippen MR) is 297 cm³/mol. The van der Waals surface area contributed by atoms with E-state index >= 15 is 0 Å². The highest BCUT2D eigenvalue weighted by Gasteiger charge is 2.27. The molecule has 4 saturated heterocycles. The number of nitrogens with one attached hydrogen (secondary N) is 1. The molecule has 4 aromatic carbocycles. The Hall–Kier alpha value is -4.70. The Labute approximate surface area is 447 Å². The highest BCUT2D eigenvalue weighted by atomic mass is 16.6. The lowest BCUT2D eigenvalue weighted by atomic mass is 10.0. The molecule has 4 fully saturated rings. The standard InChI is InChI=1S/C62H85N5O8/c1-2-3-10-20-60(75-47-59-46-74-59)51-27-35-55(36-28-51)67(54-33-25-50(26-34-54)19-13-6-9-16-39-70-42-58-45-73-58)62-63-61(64-65-62)66(52-29-21-48(22-30-52)17-11-4-7-14-37-68-40-56-43-71-56)53-31-23-49(24-32-53)18-12-5-8-15-38-69-41-57-44-72-57/h21-36,56-60H,2-20,37-47H2,1H3,(H,63,64,65). The highest BCUT2D eigenvalue weighted by molar-refractivity contribution is 5.76. The maximum absolute atomic E-state index is 6.48. The van der Waals surface area contributed by atoms with Gasteiger partial charge in [-0.15, -0.1) is 10.2 Å². The second-order valence-electron chi connectivity index (χ2n) is 21.1. The van der Waals surface area contributed by atoms with Crippen LogP contribution in [-0.4, -0.2) is 112 Å². The number of unbranched alkanes of at least 4 members (excludes halogenated alkanes) is 11. The molecule has 5 heterocycles. The van der Waals surface area contributed by atoms with Crippen LogP contribution in [0.3, 0.4) is 0 Å². The molecule has 13 nitrogen and oxygen atoms in total. The van der Waals surface area contributed by atoms with Crippen LogP contribution in [0.4, 0.5) is 34.6 Å². The Balaban J connectivity index is 0.903. The zero-order valence-corrected chi connectivity index (χ0v) is 44.9. The van der Waals surface area contributed by atoms with Crippen molar-refractivity contribution >= 4 is 34.6 Å². The van der Waals surface area contributed by atoms with Crippen molar-refractivity contribution in [2.24, 2.45) is 0 Å². The molecule has 0 bridgehead atoms. The van der Waals surface area contributed by atoms with Crippen LogP contribution in [0, 0.1) is 0 Å². The largest absolute Gasteiger partial charge is 0.379 e. The van der Waals surface area contributed by atoms with Gasteiger partial charge in [0.2, 0.25) is 11.9 Å². The van der Waals surface area contributed by atoms with Gasteiger partial charge in [0.1, 0.15) is 24.4 Å². The van der Waals surface area contributed by atoms with Crippen LogP contribution in [0.1, 0.15) is 138 Å². The molecule has 0 radical (unpaired) electrons. The number of nitrogens with zero attached hydrogens (tertiary/aromatic N) is 4. The van der Waals surface area contributed by atoms with Crippen molar-refractivity contribution in [2.75, 3.05) is 82.5 Å². The number of epoxide rings is 4. The van der Waals surface area contributed by atoms with E-state index in [0.29, 0.717) is 36.8 Å². The van der Waals surface area contributed by atoms with E-state index in [-0.39, 0.29) is 12.2 Å². The van der Waals surface area contributed by atoms with Gasteiger partial charge in [-0.2, -0.15) is 0 Å². The van der Waals surface area contributed by atoms with E-state index in [1.54, 1.807) is 0 Å². The minimum Gasteiger partial charge on any atom is -0.379 e. The number of aromatic nitrogens is 3. The molecule has 5 atom stereocenters. The number of H-pyrrole nitrogens is 1. The Bertz CT molecular complexity index is 2260. The van der Waals surface area contributed by atoms with E-state index in [2.05, 4.69) is 119 Å². The van der Waals surface area contributed by atoms with Crippen LogP contribution in [0.5, 0.6) is 0 Å². The summed E-state index contributed by atoms with van der Waals surface area (Å²) in [6, 6.07) is 35.8. The van der Waals surface area contributed by atoms with Gasteiger partial charge in [0.25, 0.3) is 0 Å². The normalized spacial score (nSPS) is 18.8. The fraction of sp³-hybridized carbons (Fsp3) is 0.581. The molecule has 9 rings (SSSR count). The molecule has 0 saturated carbocycles. The van der Waals surface area contributed by atoms with Gasteiger partial charge in [-0.3, -0.25) is 14.8 Å². The van der Waals surface area contributed by atoms with Crippen LogP contribution in [0.15, 0.2) is 97.1 Å². The number of aromatic amines is 1. The van der Waals surface area contributed by atoms with E-state index in [4.69, 9.17) is 48.1 Å². The van der Waals surface area contributed by atoms with Crippen LogP contribution < -0.4 is 9.80 Å². The van der Waals surface area contributed by atoms with Gasteiger partial charge in [-0.1, -0.05) is 113 Å². The summed E-state index contributed by atoms with van der Waals surface area (Å²) in [6.07, 6.45) is 22.7. The summed E-state index contributed by atoms with van der Waals surface area (Å²) < 4.78 is 45.1. The molecule has 5 aromatic rings.